The molecule has 1 atom stereocenters. The predicted octanol–water partition coefficient (Wildman–Crippen LogP) is 2.91. The zero-order valence-corrected chi connectivity index (χ0v) is 18.6. The summed E-state index contributed by atoms with van der Waals surface area (Å²) in [5, 5.41) is 14.3. The molecular weight excluding hydrogens is 364 g/mol. The van der Waals surface area contributed by atoms with Gasteiger partial charge in [-0.1, -0.05) is 12.1 Å². The van der Waals surface area contributed by atoms with Gasteiger partial charge in [0.25, 0.3) is 0 Å². The molecule has 0 bridgehead atoms. The first-order valence-corrected chi connectivity index (χ1v) is 10.7. The van der Waals surface area contributed by atoms with Crippen LogP contribution in [0, 0.1) is 20.8 Å². The van der Waals surface area contributed by atoms with Crippen LogP contribution < -0.4 is 4.74 Å². The van der Waals surface area contributed by atoms with E-state index in [9.17, 15) is 5.11 Å². The van der Waals surface area contributed by atoms with Gasteiger partial charge >= 0.3 is 0 Å². The molecule has 6 nitrogen and oxygen atoms in total. The second kappa shape index (κ2) is 9.74. The Morgan fingerprint density at radius 1 is 1.17 bits per heavy atom. The van der Waals surface area contributed by atoms with Crippen LogP contribution in [0.1, 0.15) is 41.4 Å². The Bertz CT molecular complexity index is 817. The second-order valence-corrected chi connectivity index (χ2v) is 8.14. The van der Waals surface area contributed by atoms with E-state index in [1.165, 1.54) is 22.4 Å². The lowest BCUT2D eigenvalue weighted by molar-refractivity contribution is 0.0498. The normalized spacial score (nSPS) is 18.3. The van der Waals surface area contributed by atoms with E-state index in [0.717, 1.165) is 57.1 Å². The molecule has 0 spiro atoms. The van der Waals surface area contributed by atoms with Gasteiger partial charge in [0.1, 0.15) is 5.75 Å². The lowest BCUT2D eigenvalue weighted by Gasteiger charge is -2.41. The van der Waals surface area contributed by atoms with Crippen LogP contribution in [0.15, 0.2) is 18.2 Å². The van der Waals surface area contributed by atoms with E-state index in [1.54, 1.807) is 7.11 Å². The van der Waals surface area contributed by atoms with Crippen molar-refractivity contribution in [1.82, 2.24) is 19.6 Å². The Labute approximate surface area is 175 Å². The first-order valence-electron chi connectivity index (χ1n) is 10.7. The van der Waals surface area contributed by atoms with Crippen molar-refractivity contribution in [2.75, 3.05) is 33.4 Å². The van der Waals surface area contributed by atoms with Crippen LogP contribution in [0.25, 0.3) is 0 Å². The van der Waals surface area contributed by atoms with Crippen LogP contribution in [-0.4, -0.2) is 64.1 Å². The van der Waals surface area contributed by atoms with Crippen LogP contribution in [0.5, 0.6) is 5.75 Å². The summed E-state index contributed by atoms with van der Waals surface area (Å²) < 4.78 is 7.48. The SMILES string of the molecule is CCn1nc(C)c(CN2CCN(Cc3ccc(OC)c(C)c3)C(CCO)C2)c1C. The van der Waals surface area contributed by atoms with Crippen LogP contribution in [-0.2, 0) is 19.6 Å². The van der Waals surface area contributed by atoms with Gasteiger partial charge in [0.15, 0.2) is 0 Å². The number of piperazine rings is 1. The maximum Gasteiger partial charge on any atom is 0.121 e. The zero-order chi connectivity index (χ0) is 21.0. The third kappa shape index (κ3) is 5.00. The van der Waals surface area contributed by atoms with Gasteiger partial charge in [-0.2, -0.15) is 5.10 Å². The molecular formula is C23H36N4O2. The fourth-order valence-corrected chi connectivity index (χ4v) is 4.50. The van der Waals surface area contributed by atoms with E-state index in [-0.39, 0.29) is 6.61 Å². The molecule has 0 amide bonds. The van der Waals surface area contributed by atoms with Crippen LogP contribution in [0.4, 0.5) is 0 Å². The summed E-state index contributed by atoms with van der Waals surface area (Å²) in [6.45, 7) is 14.5. The summed E-state index contributed by atoms with van der Waals surface area (Å²) in [5.41, 5.74) is 6.24. The first-order chi connectivity index (χ1) is 14.0. The van der Waals surface area contributed by atoms with Gasteiger partial charge in [0, 0.05) is 63.2 Å². The summed E-state index contributed by atoms with van der Waals surface area (Å²) in [5.74, 6) is 0.934. The molecule has 1 unspecified atom stereocenters. The Morgan fingerprint density at radius 3 is 2.59 bits per heavy atom. The Morgan fingerprint density at radius 2 is 1.97 bits per heavy atom. The van der Waals surface area contributed by atoms with E-state index in [0.29, 0.717) is 6.04 Å². The van der Waals surface area contributed by atoms with E-state index < -0.39 is 0 Å². The molecule has 1 aromatic carbocycles. The third-order valence-electron chi connectivity index (χ3n) is 6.21. The number of benzene rings is 1. The van der Waals surface area contributed by atoms with Crippen molar-refractivity contribution in [3.8, 4) is 5.75 Å². The highest BCUT2D eigenvalue weighted by atomic mass is 16.5. The highest BCUT2D eigenvalue weighted by Crippen LogP contribution is 2.23. The fraction of sp³-hybridized carbons (Fsp3) is 0.609. The molecule has 29 heavy (non-hydrogen) atoms. The van der Waals surface area contributed by atoms with Crippen molar-refractivity contribution in [2.24, 2.45) is 0 Å². The summed E-state index contributed by atoms with van der Waals surface area (Å²) in [4.78, 5) is 5.04. The smallest absolute Gasteiger partial charge is 0.121 e. The molecule has 0 radical (unpaired) electrons. The van der Waals surface area contributed by atoms with Crippen molar-refractivity contribution in [2.45, 2.75) is 59.8 Å². The van der Waals surface area contributed by atoms with Crippen LogP contribution in [0.2, 0.25) is 0 Å². The molecule has 160 valence electrons. The van der Waals surface area contributed by atoms with Gasteiger partial charge < -0.3 is 9.84 Å². The third-order valence-corrected chi connectivity index (χ3v) is 6.21. The maximum absolute atomic E-state index is 9.64. The summed E-state index contributed by atoms with van der Waals surface area (Å²) in [6.07, 6.45) is 0.803. The molecule has 0 aliphatic carbocycles. The number of rotatable bonds is 8. The molecule has 1 aliphatic rings. The minimum atomic E-state index is 0.225. The lowest BCUT2D eigenvalue weighted by Crippen LogP contribution is -2.52. The Kier molecular flexibility index (Phi) is 7.33. The van der Waals surface area contributed by atoms with Crippen molar-refractivity contribution in [3.05, 3.63) is 46.3 Å². The van der Waals surface area contributed by atoms with Crippen molar-refractivity contribution >= 4 is 0 Å². The van der Waals surface area contributed by atoms with Crippen molar-refractivity contribution in [3.63, 3.8) is 0 Å². The quantitative estimate of drug-likeness (QED) is 0.738. The minimum absolute atomic E-state index is 0.225. The highest BCUT2D eigenvalue weighted by molar-refractivity contribution is 5.36. The number of aliphatic hydroxyl groups excluding tert-OH is 1. The van der Waals surface area contributed by atoms with Gasteiger partial charge in [0.2, 0.25) is 0 Å². The van der Waals surface area contributed by atoms with Crippen LogP contribution in [0.3, 0.4) is 0 Å². The van der Waals surface area contributed by atoms with Gasteiger partial charge in [-0.3, -0.25) is 14.5 Å². The number of aromatic nitrogens is 2. The monoisotopic (exact) mass is 400 g/mol. The van der Waals surface area contributed by atoms with E-state index in [1.807, 2.05) is 0 Å². The molecule has 1 N–H and O–H groups in total. The molecule has 6 heteroatoms. The number of aryl methyl sites for hydroxylation is 3. The summed E-state index contributed by atoms with van der Waals surface area (Å²) in [7, 11) is 1.71. The van der Waals surface area contributed by atoms with Crippen molar-refractivity contribution in [1.29, 1.82) is 0 Å². The number of methoxy groups -OCH3 is 1. The molecule has 0 saturated carbocycles. The van der Waals surface area contributed by atoms with Gasteiger partial charge in [0.05, 0.1) is 12.8 Å². The van der Waals surface area contributed by atoms with Gasteiger partial charge in [-0.05, 0) is 51.3 Å². The van der Waals surface area contributed by atoms with E-state index in [2.05, 4.69) is 65.5 Å². The molecule has 2 heterocycles. The molecule has 1 saturated heterocycles. The number of hydrogen-bond acceptors (Lipinski definition) is 5. The van der Waals surface area contributed by atoms with Gasteiger partial charge in [-0.25, -0.2) is 0 Å². The number of nitrogens with zero attached hydrogens (tertiary/aromatic N) is 4. The Hall–Kier alpha value is -1.89. The first kappa shape index (κ1) is 21.8. The summed E-state index contributed by atoms with van der Waals surface area (Å²) >= 11 is 0. The van der Waals surface area contributed by atoms with E-state index in [4.69, 9.17) is 4.74 Å². The molecule has 2 aromatic rings. The van der Waals surface area contributed by atoms with Crippen molar-refractivity contribution < 1.29 is 9.84 Å². The molecule has 1 aromatic heterocycles. The fourth-order valence-electron chi connectivity index (χ4n) is 4.50. The van der Waals surface area contributed by atoms with Crippen LogP contribution >= 0.6 is 0 Å². The standard InChI is InChI=1S/C23H36N4O2/c1-6-27-19(4)22(18(3)24-27)16-25-10-11-26(21(15-25)9-12-28)14-20-7-8-23(29-5)17(2)13-20/h7-8,13,21,28H,6,9-12,14-16H2,1-5H3. The zero-order valence-electron chi connectivity index (χ0n) is 18.6. The van der Waals surface area contributed by atoms with Gasteiger partial charge in [-0.15, -0.1) is 0 Å². The lowest BCUT2D eigenvalue weighted by atomic mass is 10.0. The molecule has 1 aliphatic heterocycles. The Balaban J connectivity index is 1.68. The average Bonchev–Trinajstić information content (AvgIpc) is 2.98. The second-order valence-electron chi connectivity index (χ2n) is 8.14. The number of aliphatic hydroxyl groups is 1. The number of hydrogen-bond donors (Lipinski definition) is 1. The maximum atomic E-state index is 9.64. The minimum Gasteiger partial charge on any atom is -0.496 e. The topological polar surface area (TPSA) is 53.8 Å². The molecule has 1 fully saturated rings. The van der Waals surface area contributed by atoms with E-state index >= 15 is 0 Å². The largest absolute Gasteiger partial charge is 0.496 e. The summed E-state index contributed by atoms with van der Waals surface area (Å²) in [6, 6.07) is 6.78. The average molecular weight is 401 g/mol. The molecule has 3 rings (SSSR count). The highest BCUT2D eigenvalue weighted by Gasteiger charge is 2.28. The predicted molar refractivity (Wildman–Crippen MR) is 116 cm³/mol. The number of ether oxygens (including phenoxy) is 1.